The van der Waals surface area contributed by atoms with Gasteiger partial charge < -0.3 is 25.2 Å². The summed E-state index contributed by atoms with van der Waals surface area (Å²) in [7, 11) is 9.03. The van der Waals surface area contributed by atoms with Crippen LogP contribution < -0.4 is 20.3 Å². The molecule has 0 bridgehead atoms. The number of rotatable bonds is 9. The number of ether oxygens (including phenoxy) is 1. The van der Waals surface area contributed by atoms with Gasteiger partial charge in [0.25, 0.3) is 0 Å². The number of hydrogen-bond donors (Lipinski definition) is 2. The number of hydrogen-bond acceptors (Lipinski definition) is 5. The summed E-state index contributed by atoms with van der Waals surface area (Å²) in [5.74, 6) is 2.28. The fourth-order valence-electron chi connectivity index (χ4n) is 2.57. The van der Waals surface area contributed by atoms with Crippen LogP contribution >= 0.6 is 0 Å². The Kier molecular flexibility index (Phi) is 8.93. The fraction of sp³-hybridized carbons (Fsp3) is 0.409. The van der Waals surface area contributed by atoms with Crippen LogP contribution in [0.3, 0.4) is 0 Å². The predicted octanol–water partition coefficient (Wildman–Crippen LogP) is 1.52. The average molecular weight is 413 g/mol. The van der Waals surface area contributed by atoms with Gasteiger partial charge in [0.2, 0.25) is 5.91 Å². The summed E-state index contributed by atoms with van der Waals surface area (Å²) in [6.07, 6.45) is 0.820. The number of pyridine rings is 1. The third kappa shape index (κ3) is 7.62. The Morgan fingerprint density at radius 1 is 1.07 bits per heavy atom. The highest BCUT2D eigenvalue weighted by atomic mass is 16.5. The van der Waals surface area contributed by atoms with E-state index in [4.69, 9.17) is 4.74 Å². The van der Waals surface area contributed by atoms with E-state index in [2.05, 4.69) is 20.6 Å². The lowest BCUT2D eigenvalue weighted by Gasteiger charge is -2.15. The number of benzene rings is 1. The molecule has 0 aliphatic carbocycles. The van der Waals surface area contributed by atoms with Crippen LogP contribution in [0.2, 0.25) is 0 Å². The summed E-state index contributed by atoms with van der Waals surface area (Å²) in [6.45, 7) is 1.27. The monoisotopic (exact) mass is 412 g/mol. The van der Waals surface area contributed by atoms with Gasteiger partial charge in [-0.15, -0.1) is 0 Å². The zero-order valence-electron chi connectivity index (χ0n) is 18.5. The van der Waals surface area contributed by atoms with Crippen LogP contribution in [0.5, 0.6) is 5.75 Å². The summed E-state index contributed by atoms with van der Waals surface area (Å²) in [5, 5.41) is 6.40. The Labute approximate surface area is 179 Å². The summed E-state index contributed by atoms with van der Waals surface area (Å²) >= 11 is 0. The quantitative estimate of drug-likeness (QED) is 0.480. The van der Waals surface area contributed by atoms with Gasteiger partial charge in [-0.2, -0.15) is 0 Å². The Bertz CT molecular complexity index is 834. The maximum Gasteiger partial charge on any atom is 0.241 e. The minimum absolute atomic E-state index is 0.0209. The van der Waals surface area contributed by atoms with Crippen molar-refractivity contribution < 1.29 is 9.53 Å². The first-order valence-electron chi connectivity index (χ1n) is 9.87. The Morgan fingerprint density at radius 2 is 1.80 bits per heavy atom. The van der Waals surface area contributed by atoms with Crippen LogP contribution in [0.1, 0.15) is 11.3 Å². The number of amides is 1. The number of methoxy groups -OCH3 is 1. The van der Waals surface area contributed by atoms with Crippen molar-refractivity contribution in [1.82, 2.24) is 20.5 Å². The van der Waals surface area contributed by atoms with Gasteiger partial charge in [-0.25, -0.2) is 9.98 Å². The number of nitrogens with one attached hydrogen (secondary N) is 2. The normalized spacial score (nSPS) is 11.0. The molecule has 0 aliphatic rings. The van der Waals surface area contributed by atoms with E-state index in [9.17, 15) is 4.79 Å². The van der Waals surface area contributed by atoms with E-state index in [1.54, 1.807) is 26.1 Å². The van der Waals surface area contributed by atoms with Crippen molar-refractivity contribution in [2.24, 2.45) is 4.99 Å². The molecule has 2 rings (SSSR count). The van der Waals surface area contributed by atoms with Crippen LogP contribution in [0.25, 0.3) is 0 Å². The van der Waals surface area contributed by atoms with Crippen molar-refractivity contribution in [2.45, 2.75) is 13.0 Å². The molecule has 0 spiro atoms. The molecule has 1 heterocycles. The molecule has 0 saturated heterocycles. The van der Waals surface area contributed by atoms with Crippen molar-refractivity contribution in [1.29, 1.82) is 0 Å². The smallest absolute Gasteiger partial charge is 0.241 e. The first-order chi connectivity index (χ1) is 14.4. The number of aliphatic imine (C=N–C) groups is 1. The Hall–Kier alpha value is -3.29. The zero-order valence-corrected chi connectivity index (χ0v) is 18.5. The van der Waals surface area contributed by atoms with Crippen molar-refractivity contribution >= 4 is 17.7 Å². The molecule has 2 N–H and O–H groups in total. The van der Waals surface area contributed by atoms with Crippen molar-refractivity contribution in [3.05, 3.63) is 53.7 Å². The van der Waals surface area contributed by atoms with Crippen LogP contribution in [-0.4, -0.2) is 70.1 Å². The van der Waals surface area contributed by atoms with Crippen LogP contribution in [0.4, 0.5) is 5.82 Å². The molecular weight excluding hydrogens is 380 g/mol. The molecule has 0 fully saturated rings. The number of guanidine groups is 1. The highest BCUT2D eigenvalue weighted by molar-refractivity contribution is 5.86. The number of anilines is 1. The maximum atomic E-state index is 11.9. The highest BCUT2D eigenvalue weighted by Gasteiger charge is 2.07. The summed E-state index contributed by atoms with van der Waals surface area (Å²) < 4.78 is 5.19. The molecule has 30 heavy (non-hydrogen) atoms. The zero-order chi connectivity index (χ0) is 21.9. The lowest BCUT2D eigenvalue weighted by molar-refractivity contribution is -0.127. The Balaban J connectivity index is 2.00. The van der Waals surface area contributed by atoms with Gasteiger partial charge >= 0.3 is 0 Å². The first kappa shape index (κ1) is 23.0. The van der Waals surface area contributed by atoms with Crippen molar-refractivity contribution in [3.8, 4) is 5.75 Å². The minimum atomic E-state index is -0.0209. The van der Waals surface area contributed by atoms with E-state index in [0.717, 1.165) is 23.7 Å². The molecule has 1 aromatic carbocycles. The molecule has 1 amide bonds. The van der Waals surface area contributed by atoms with Gasteiger partial charge in [0.15, 0.2) is 5.96 Å². The molecule has 0 atom stereocenters. The molecule has 1 aromatic heterocycles. The van der Waals surface area contributed by atoms with Gasteiger partial charge in [-0.1, -0.05) is 18.2 Å². The number of aromatic nitrogens is 1. The molecule has 2 aromatic rings. The second-order valence-corrected chi connectivity index (χ2v) is 7.21. The molecule has 8 nitrogen and oxygen atoms in total. The minimum Gasteiger partial charge on any atom is -0.497 e. The van der Waals surface area contributed by atoms with E-state index in [1.165, 1.54) is 5.56 Å². The lowest BCUT2D eigenvalue weighted by atomic mass is 10.1. The van der Waals surface area contributed by atoms with Crippen molar-refractivity contribution in [2.75, 3.05) is 53.3 Å². The number of carbonyl (C=O) groups is 1. The molecule has 0 aliphatic heterocycles. The number of likely N-dealkylation sites (N-methyl/N-ethyl adjacent to an activating group) is 1. The van der Waals surface area contributed by atoms with Crippen LogP contribution in [-0.2, 0) is 17.8 Å². The lowest BCUT2D eigenvalue weighted by Crippen LogP contribution is -2.43. The van der Waals surface area contributed by atoms with Gasteiger partial charge in [-0.05, 0) is 36.2 Å². The van der Waals surface area contributed by atoms with Crippen LogP contribution in [0, 0.1) is 0 Å². The Morgan fingerprint density at radius 3 is 2.43 bits per heavy atom. The van der Waals surface area contributed by atoms with Gasteiger partial charge in [0.1, 0.15) is 11.6 Å². The number of carbonyl (C=O) groups excluding carboxylic acids is 1. The van der Waals surface area contributed by atoms with E-state index in [1.807, 2.05) is 61.5 Å². The largest absolute Gasteiger partial charge is 0.497 e. The molecule has 0 unspecified atom stereocenters. The summed E-state index contributed by atoms with van der Waals surface area (Å²) in [4.78, 5) is 24.6. The summed E-state index contributed by atoms with van der Waals surface area (Å²) in [5.41, 5.74) is 2.05. The first-order valence-corrected chi connectivity index (χ1v) is 9.87. The molecular formula is C22H32N6O2. The molecule has 162 valence electrons. The van der Waals surface area contributed by atoms with Crippen LogP contribution in [0.15, 0.2) is 47.5 Å². The molecule has 8 heteroatoms. The van der Waals surface area contributed by atoms with Crippen molar-refractivity contribution in [3.63, 3.8) is 0 Å². The second kappa shape index (κ2) is 11.6. The van der Waals surface area contributed by atoms with Gasteiger partial charge in [0.05, 0.1) is 25.9 Å². The molecule has 0 radical (unpaired) electrons. The maximum absolute atomic E-state index is 11.9. The van der Waals surface area contributed by atoms with E-state index >= 15 is 0 Å². The number of nitrogens with zero attached hydrogens (tertiary/aromatic N) is 4. The third-order valence-corrected chi connectivity index (χ3v) is 4.42. The molecule has 0 saturated carbocycles. The second-order valence-electron chi connectivity index (χ2n) is 7.21. The fourth-order valence-corrected chi connectivity index (χ4v) is 2.57. The summed E-state index contributed by atoms with van der Waals surface area (Å²) in [6, 6.07) is 13.8. The van der Waals surface area contributed by atoms with Gasteiger partial charge in [-0.3, -0.25) is 4.79 Å². The predicted molar refractivity (Wildman–Crippen MR) is 121 cm³/mol. The van der Waals surface area contributed by atoms with E-state index in [-0.39, 0.29) is 12.5 Å². The topological polar surface area (TPSA) is 82.1 Å². The average Bonchev–Trinajstić information content (AvgIpc) is 2.75. The van der Waals surface area contributed by atoms with E-state index in [0.29, 0.717) is 19.0 Å². The van der Waals surface area contributed by atoms with Gasteiger partial charge in [0, 0.05) is 34.7 Å². The van der Waals surface area contributed by atoms with E-state index < -0.39 is 0 Å². The highest BCUT2D eigenvalue weighted by Crippen LogP contribution is 2.11. The SMILES string of the molecule is COc1ccc(CCNC(=NCc2cccc(N(C)C)n2)NCC(=O)N(C)C)cc1. The standard InChI is InChI=1S/C22H32N6O2/c1-27(2)20-8-6-7-18(26-20)15-24-22(25-16-21(29)28(3)4)23-14-13-17-9-11-19(30-5)12-10-17/h6-12H,13-16H2,1-5H3,(H2,23,24,25). The third-order valence-electron chi connectivity index (χ3n) is 4.42.